The predicted octanol–water partition coefficient (Wildman–Crippen LogP) is 4.18. The number of benzene rings is 3. The number of amides is 1. The molecule has 8 nitrogen and oxygen atoms in total. The molecule has 0 fully saturated rings. The van der Waals surface area contributed by atoms with Crippen LogP contribution in [-0.2, 0) is 11.2 Å². The highest BCUT2D eigenvalue weighted by atomic mass is 16.6. The van der Waals surface area contributed by atoms with Crippen molar-refractivity contribution in [3.8, 4) is 23.0 Å². The van der Waals surface area contributed by atoms with Crippen LogP contribution >= 0.6 is 0 Å². The quantitative estimate of drug-likeness (QED) is 0.147. The molecule has 0 atom stereocenters. The first kappa shape index (κ1) is 25.0. The molecule has 0 spiro atoms. The van der Waals surface area contributed by atoms with E-state index in [0.29, 0.717) is 34.8 Å². The average Bonchev–Trinajstić information content (AvgIpc) is 2.89. The Bertz CT molecular complexity index is 1200. The van der Waals surface area contributed by atoms with Crippen molar-refractivity contribution in [2.75, 3.05) is 20.8 Å². The SMILES string of the molecule is C=CCc1ccccc1OCC(=O)N/N=C/c1ccc(OC(=O)c2ccc(OC)cc2)c(OC)c1. The fourth-order valence-electron chi connectivity index (χ4n) is 3.06. The molecule has 180 valence electrons. The Labute approximate surface area is 203 Å². The Morgan fingerprint density at radius 3 is 2.43 bits per heavy atom. The van der Waals surface area contributed by atoms with Crippen molar-refractivity contribution in [2.45, 2.75) is 6.42 Å². The zero-order chi connectivity index (χ0) is 25.0. The third-order valence-corrected chi connectivity index (χ3v) is 4.81. The van der Waals surface area contributed by atoms with Gasteiger partial charge in [-0.05, 0) is 66.1 Å². The third kappa shape index (κ3) is 7.20. The number of rotatable bonds is 11. The first-order valence-electron chi connectivity index (χ1n) is 10.7. The van der Waals surface area contributed by atoms with Gasteiger partial charge in [0.05, 0.1) is 26.0 Å². The lowest BCUT2D eigenvalue weighted by Gasteiger charge is -2.10. The molecule has 0 saturated carbocycles. The van der Waals surface area contributed by atoms with Crippen LogP contribution < -0.4 is 24.4 Å². The topological polar surface area (TPSA) is 95.5 Å². The number of nitrogens with one attached hydrogen (secondary N) is 1. The van der Waals surface area contributed by atoms with Crippen molar-refractivity contribution in [3.63, 3.8) is 0 Å². The lowest BCUT2D eigenvalue weighted by Crippen LogP contribution is -2.24. The highest BCUT2D eigenvalue weighted by molar-refractivity contribution is 5.92. The minimum atomic E-state index is -0.533. The molecular weight excluding hydrogens is 448 g/mol. The van der Waals surface area contributed by atoms with E-state index >= 15 is 0 Å². The highest BCUT2D eigenvalue weighted by Gasteiger charge is 2.13. The van der Waals surface area contributed by atoms with Gasteiger partial charge in [-0.2, -0.15) is 5.10 Å². The van der Waals surface area contributed by atoms with E-state index in [9.17, 15) is 9.59 Å². The first-order valence-corrected chi connectivity index (χ1v) is 10.7. The molecule has 0 heterocycles. The van der Waals surface area contributed by atoms with Gasteiger partial charge < -0.3 is 18.9 Å². The molecule has 0 radical (unpaired) electrons. The zero-order valence-corrected chi connectivity index (χ0v) is 19.5. The number of ether oxygens (including phenoxy) is 4. The number of para-hydroxylation sites is 1. The number of carbonyl (C=O) groups excluding carboxylic acids is 2. The second kappa shape index (κ2) is 12.6. The van der Waals surface area contributed by atoms with Crippen LogP contribution in [0.5, 0.6) is 23.0 Å². The van der Waals surface area contributed by atoms with Crippen molar-refractivity contribution in [1.82, 2.24) is 5.43 Å². The van der Waals surface area contributed by atoms with Gasteiger partial charge in [-0.15, -0.1) is 6.58 Å². The minimum Gasteiger partial charge on any atom is -0.497 e. The average molecular weight is 475 g/mol. The van der Waals surface area contributed by atoms with E-state index in [1.807, 2.05) is 18.2 Å². The molecule has 0 aliphatic rings. The van der Waals surface area contributed by atoms with E-state index in [1.54, 1.807) is 61.7 Å². The molecule has 0 unspecified atom stereocenters. The summed E-state index contributed by atoms with van der Waals surface area (Å²) in [6.45, 7) is 3.54. The normalized spacial score (nSPS) is 10.5. The summed E-state index contributed by atoms with van der Waals surface area (Å²) in [6, 6.07) is 18.9. The number of carbonyl (C=O) groups is 2. The van der Waals surface area contributed by atoms with Crippen LogP contribution in [0.4, 0.5) is 0 Å². The molecule has 0 aliphatic heterocycles. The highest BCUT2D eigenvalue weighted by Crippen LogP contribution is 2.28. The second-order valence-electron chi connectivity index (χ2n) is 7.21. The van der Waals surface area contributed by atoms with Crippen molar-refractivity contribution in [2.24, 2.45) is 5.10 Å². The molecule has 0 saturated heterocycles. The minimum absolute atomic E-state index is 0.185. The lowest BCUT2D eigenvalue weighted by atomic mass is 10.1. The van der Waals surface area contributed by atoms with E-state index in [-0.39, 0.29) is 12.4 Å². The van der Waals surface area contributed by atoms with E-state index < -0.39 is 11.9 Å². The summed E-state index contributed by atoms with van der Waals surface area (Å²) in [5.41, 5.74) is 4.36. The maximum absolute atomic E-state index is 12.4. The van der Waals surface area contributed by atoms with Crippen LogP contribution in [0.2, 0.25) is 0 Å². The van der Waals surface area contributed by atoms with Crippen molar-refractivity contribution >= 4 is 18.1 Å². The third-order valence-electron chi connectivity index (χ3n) is 4.81. The van der Waals surface area contributed by atoms with Gasteiger partial charge in [0.2, 0.25) is 0 Å². The van der Waals surface area contributed by atoms with Gasteiger partial charge in [-0.1, -0.05) is 24.3 Å². The number of hydrogen-bond acceptors (Lipinski definition) is 7. The van der Waals surface area contributed by atoms with Gasteiger partial charge in [0.1, 0.15) is 11.5 Å². The summed E-state index contributed by atoms with van der Waals surface area (Å²) in [4.78, 5) is 24.5. The Morgan fingerprint density at radius 1 is 0.943 bits per heavy atom. The van der Waals surface area contributed by atoms with E-state index in [2.05, 4.69) is 17.1 Å². The van der Waals surface area contributed by atoms with Gasteiger partial charge in [0, 0.05) is 0 Å². The van der Waals surface area contributed by atoms with Crippen molar-refractivity contribution in [3.05, 3.63) is 96.1 Å². The van der Waals surface area contributed by atoms with Crippen LogP contribution in [0.3, 0.4) is 0 Å². The number of hydrogen-bond donors (Lipinski definition) is 1. The summed E-state index contributed by atoms with van der Waals surface area (Å²) in [7, 11) is 3.01. The van der Waals surface area contributed by atoms with E-state index in [4.69, 9.17) is 18.9 Å². The van der Waals surface area contributed by atoms with Gasteiger partial charge in [0.25, 0.3) is 5.91 Å². The molecule has 35 heavy (non-hydrogen) atoms. The maximum atomic E-state index is 12.4. The van der Waals surface area contributed by atoms with Gasteiger partial charge in [-0.25, -0.2) is 10.2 Å². The monoisotopic (exact) mass is 474 g/mol. The van der Waals surface area contributed by atoms with Crippen LogP contribution in [0.1, 0.15) is 21.5 Å². The Kier molecular flexibility index (Phi) is 9.01. The fourth-order valence-corrected chi connectivity index (χ4v) is 3.06. The molecule has 1 N–H and O–H groups in total. The van der Waals surface area contributed by atoms with E-state index in [0.717, 1.165) is 5.56 Å². The molecule has 8 heteroatoms. The molecule has 0 aliphatic carbocycles. The predicted molar refractivity (Wildman–Crippen MR) is 133 cm³/mol. The van der Waals surface area contributed by atoms with Crippen LogP contribution in [0.15, 0.2) is 84.5 Å². The summed E-state index contributed by atoms with van der Waals surface area (Å²) < 4.78 is 21.5. The van der Waals surface area contributed by atoms with Crippen molar-refractivity contribution < 1.29 is 28.5 Å². The molecule has 0 aromatic heterocycles. The Morgan fingerprint density at radius 2 is 1.71 bits per heavy atom. The smallest absolute Gasteiger partial charge is 0.343 e. The molecule has 3 rings (SSSR count). The van der Waals surface area contributed by atoms with Gasteiger partial charge in [0.15, 0.2) is 18.1 Å². The van der Waals surface area contributed by atoms with Gasteiger partial charge in [-0.3, -0.25) is 4.79 Å². The second-order valence-corrected chi connectivity index (χ2v) is 7.21. The van der Waals surface area contributed by atoms with Gasteiger partial charge >= 0.3 is 5.97 Å². The first-order chi connectivity index (χ1) is 17.0. The zero-order valence-electron chi connectivity index (χ0n) is 19.5. The number of hydrazone groups is 1. The van der Waals surface area contributed by atoms with Crippen LogP contribution in [0.25, 0.3) is 0 Å². The number of nitrogens with zero attached hydrogens (tertiary/aromatic N) is 1. The number of allylic oxidation sites excluding steroid dienone is 1. The summed E-state index contributed by atoms with van der Waals surface area (Å²) in [6.07, 6.45) is 3.86. The van der Waals surface area contributed by atoms with Crippen LogP contribution in [-0.4, -0.2) is 38.9 Å². The molecule has 3 aromatic carbocycles. The van der Waals surface area contributed by atoms with E-state index in [1.165, 1.54) is 13.3 Å². The number of methoxy groups -OCH3 is 2. The standard InChI is InChI=1S/C27H26N2O6/c1-4-7-20-8-5-6-9-23(20)34-18-26(30)29-28-17-19-10-15-24(25(16-19)33-3)35-27(31)21-11-13-22(32-2)14-12-21/h4-6,8-17H,1,7,18H2,2-3H3,(H,29,30)/b28-17+. The molecule has 1 amide bonds. The molecule has 0 bridgehead atoms. The van der Waals surface area contributed by atoms with Crippen molar-refractivity contribution in [1.29, 1.82) is 0 Å². The summed E-state index contributed by atoms with van der Waals surface area (Å²) in [5, 5.41) is 3.95. The lowest BCUT2D eigenvalue weighted by molar-refractivity contribution is -0.123. The Hall–Kier alpha value is -4.59. The number of esters is 1. The largest absolute Gasteiger partial charge is 0.497 e. The molecule has 3 aromatic rings. The fraction of sp³-hybridized carbons (Fsp3) is 0.148. The maximum Gasteiger partial charge on any atom is 0.343 e. The van der Waals surface area contributed by atoms with Crippen LogP contribution in [0, 0.1) is 0 Å². The summed E-state index contributed by atoms with van der Waals surface area (Å²) >= 11 is 0. The summed E-state index contributed by atoms with van der Waals surface area (Å²) in [5.74, 6) is 0.904. The molecular formula is C27H26N2O6. The Balaban J connectivity index is 1.56.